The number of amides is 2. The summed E-state index contributed by atoms with van der Waals surface area (Å²) in [7, 11) is 0. The highest BCUT2D eigenvalue weighted by atomic mass is 79.9. The molecule has 3 rings (SSSR count). The molecule has 2 amide bonds. The van der Waals surface area contributed by atoms with Gasteiger partial charge in [-0.3, -0.25) is 9.59 Å². The number of benzene rings is 2. The van der Waals surface area contributed by atoms with Gasteiger partial charge in [-0.05, 0) is 49.2 Å². The minimum absolute atomic E-state index is 0.0222. The fourth-order valence-electron chi connectivity index (χ4n) is 3.43. The normalized spacial score (nSPS) is 13.7. The highest BCUT2D eigenvalue weighted by Gasteiger charge is 2.16. The van der Waals surface area contributed by atoms with Crippen LogP contribution in [0.15, 0.2) is 53.0 Å². The van der Waals surface area contributed by atoms with E-state index in [1.807, 2.05) is 55.5 Å². The van der Waals surface area contributed by atoms with E-state index in [4.69, 9.17) is 4.74 Å². The zero-order valence-electron chi connectivity index (χ0n) is 17.3. The minimum atomic E-state index is -0.190. The van der Waals surface area contributed by atoms with Gasteiger partial charge in [-0.2, -0.15) is 0 Å². The first-order valence-electron chi connectivity index (χ1n) is 10.3. The van der Waals surface area contributed by atoms with Gasteiger partial charge in [-0.25, -0.2) is 0 Å². The number of likely N-dealkylation sites (N-methyl/N-ethyl adjacent to an activating group) is 1. The van der Waals surface area contributed by atoms with Gasteiger partial charge < -0.3 is 19.9 Å². The molecule has 1 N–H and O–H groups in total. The average molecular weight is 474 g/mol. The molecule has 2 aromatic rings. The number of anilines is 2. The molecule has 160 valence electrons. The summed E-state index contributed by atoms with van der Waals surface area (Å²) in [4.78, 5) is 28.9. The molecular formula is C23H28BrN3O3. The Kier molecular flexibility index (Phi) is 8.28. The summed E-state index contributed by atoms with van der Waals surface area (Å²) in [5, 5.41) is 2.89. The maximum atomic E-state index is 12.6. The van der Waals surface area contributed by atoms with Crippen LogP contribution < -0.4 is 10.2 Å². The summed E-state index contributed by atoms with van der Waals surface area (Å²) in [6.07, 6.45) is 1.01. The average Bonchev–Trinajstić information content (AvgIpc) is 2.78. The zero-order valence-corrected chi connectivity index (χ0v) is 18.9. The maximum absolute atomic E-state index is 12.6. The molecule has 1 fully saturated rings. The topological polar surface area (TPSA) is 61.9 Å². The van der Waals surface area contributed by atoms with E-state index >= 15 is 0 Å². The quantitative estimate of drug-likeness (QED) is 0.634. The number of carbonyl (C=O) groups is 2. The molecule has 0 saturated carbocycles. The fourth-order valence-corrected chi connectivity index (χ4v) is 3.91. The Bertz CT molecular complexity index is 851. The predicted octanol–water partition coefficient (Wildman–Crippen LogP) is 3.71. The van der Waals surface area contributed by atoms with Gasteiger partial charge in [-0.1, -0.05) is 34.1 Å². The molecule has 1 saturated heterocycles. The number of hydrogen-bond donors (Lipinski definition) is 1. The van der Waals surface area contributed by atoms with E-state index in [-0.39, 0.29) is 18.4 Å². The van der Waals surface area contributed by atoms with Crippen LogP contribution >= 0.6 is 15.9 Å². The van der Waals surface area contributed by atoms with Gasteiger partial charge >= 0.3 is 0 Å². The molecule has 1 heterocycles. The van der Waals surface area contributed by atoms with Gasteiger partial charge in [0.15, 0.2) is 0 Å². The van der Waals surface area contributed by atoms with Gasteiger partial charge in [-0.15, -0.1) is 0 Å². The van der Waals surface area contributed by atoms with Crippen LogP contribution in [0, 0.1) is 0 Å². The largest absolute Gasteiger partial charge is 0.378 e. The van der Waals surface area contributed by atoms with Crippen molar-refractivity contribution in [3.8, 4) is 0 Å². The number of morpholine rings is 1. The van der Waals surface area contributed by atoms with Crippen molar-refractivity contribution in [3.63, 3.8) is 0 Å². The second-order valence-corrected chi connectivity index (χ2v) is 8.05. The summed E-state index contributed by atoms with van der Waals surface area (Å²) in [6, 6.07) is 15.7. The Morgan fingerprint density at radius 3 is 2.47 bits per heavy atom. The van der Waals surface area contributed by atoms with Crippen LogP contribution in [0.5, 0.6) is 0 Å². The lowest BCUT2D eigenvalue weighted by molar-refractivity contribution is -0.134. The summed E-state index contributed by atoms with van der Waals surface area (Å²) in [6.45, 7) is 5.66. The van der Waals surface area contributed by atoms with Crippen molar-refractivity contribution in [2.24, 2.45) is 0 Å². The molecule has 0 radical (unpaired) electrons. The third-order valence-electron chi connectivity index (χ3n) is 5.16. The predicted molar refractivity (Wildman–Crippen MR) is 123 cm³/mol. The lowest BCUT2D eigenvalue weighted by atomic mass is 10.1. The number of hydrogen-bond acceptors (Lipinski definition) is 4. The Hall–Kier alpha value is -2.38. The minimum Gasteiger partial charge on any atom is -0.378 e. The summed E-state index contributed by atoms with van der Waals surface area (Å²) < 4.78 is 6.38. The lowest BCUT2D eigenvalue weighted by Crippen LogP contribution is -2.38. The fraction of sp³-hybridized carbons (Fsp3) is 0.391. The first-order chi connectivity index (χ1) is 14.6. The highest BCUT2D eigenvalue weighted by Crippen LogP contribution is 2.20. The van der Waals surface area contributed by atoms with Crippen LogP contribution in [0.2, 0.25) is 0 Å². The highest BCUT2D eigenvalue weighted by molar-refractivity contribution is 9.10. The first-order valence-corrected chi connectivity index (χ1v) is 11.1. The molecule has 7 heteroatoms. The standard InChI is InChI=1S/C23H28BrN3O3/c1-2-26(23(29)12-7-18-5-3-4-6-21(18)24)17-22(28)25-19-8-10-20(11-9-19)27-13-15-30-16-14-27/h3-6,8-11H,2,7,12-17H2,1H3,(H,25,28). The molecule has 0 atom stereocenters. The molecule has 1 aliphatic rings. The van der Waals surface area contributed by atoms with Gasteiger partial charge in [0, 0.05) is 41.9 Å². The maximum Gasteiger partial charge on any atom is 0.243 e. The van der Waals surface area contributed by atoms with Gasteiger partial charge in [0.1, 0.15) is 0 Å². The molecule has 0 aromatic heterocycles. The van der Waals surface area contributed by atoms with Gasteiger partial charge in [0.05, 0.1) is 19.8 Å². The molecule has 6 nitrogen and oxygen atoms in total. The smallest absolute Gasteiger partial charge is 0.243 e. The summed E-state index contributed by atoms with van der Waals surface area (Å²) >= 11 is 3.51. The number of ether oxygens (including phenoxy) is 1. The first kappa shape index (κ1) is 22.3. The van der Waals surface area contributed by atoms with Crippen LogP contribution in [0.25, 0.3) is 0 Å². The van der Waals surface area contributed by atoms with Crippen molar-refractivity contribution < 1.29 is 14.3 Å². The van der Waals surface area contributed by atoms with Crippen molar-refractivity contribution in [2.75, 3.05) is 49.6 Å². The van der Waals surface area contributed by atoms with Crippen LogP contribution in [0.3, 0.4) is 0 Å². The van der Waals surface area contributed by atoms with E-state index < -0.39 is 0 Å². The third kappa shape index (κ3) is 6.31. The van der Waals surface area contributed by atoms with Gasteiger partial charge in [0.25, 0.3) is 0 Å². The van der Waals surface area contributed by atoms with Gasteiger partial charge in [0.2, 0.25) is 11.8 Å². The van der Waals surface area contributed by atoms with E-state index in [2.05, 4.69) is 26.1 Å². The van der Waals surface area contributed by atoms with Crippen LogP contribution in [0.1, 0.15) is 18.9 Å². The SMILES string of the molecule is CCN(CC(=O)Nc1ccc(N2CCOCC2)cc1)C(=O)CCc1ccccc1Br. The van der Waals surface area contributed by atoms with E-state index in [0.29, 0.717) is 19.4 Å². The monoisotopic (exact) mass is 473 g/mol. The van der Waals surface area contributed by atoms with Crippen molar-refractivity contribution in [1.29, 1.82) is 0 Å². The lowest BCUT2D eigenvalue weighted by Gasteiger charge is -2.29. The molecule has 0 bridgehead atoms. The summed E-state index contributed by atoms with van der Waals surface area (Å²) in [5.41, 5.74) is 2.94. The van der Waals surface area contributed by atoms with Crippen molar-refractivity contribution in [1.82, 2.24) is 4.90 Å². The Labute approximate surface area is 186 Å². The van der Waals surface area contributed by atoms with Crippen molar-refractivity contribution in [3.05, 3.63) is 58.6 Å². The van der Waals surface area contributed by atoms with E-state index in [1.165, 1.54) is 0 Å². The zero-order chi connectivity index (χ0) is 21.3. The number of nitrogens with one attached hydrogen (secondary N) is 1. The molecular weight excluding hydrogens is 446 g/mol. The van der Waals surface area contributed by atoms with Crippen LogP contribution in [-0.2, 0) is 20.7 Å². The van der Waals surface area contributed by atoms with E-state index in [1.54, 1.807) is 4.90 Å². The second-order valence-electron chi connectivity index (χ2n) is 7.19. The van der Waals surface area contributed by atoms with Crippen LogP contribution in [0.4, 0.5) is 11.4 Å². The van der Waals surface area contributed by atoms with Crippen LogP contribution in [-0.4, -0.2) is 56.1 Å². The Balaban J connectivity index is 1.49. The number of nitrogens with zero attached hydrogens (tertiary/aromatic N) is 2. The third-order valence-corrected chi connectivity index (χ3v) is 5.94. The van der Waals surface area contributed by atoms with Crippen molar-refractivity contribution in [2.45, 2.75) is 19.8 Å². The molecule has 1 aliphatic heterocycles. The molecule has 0 spiro atoms. The second kappa shape index (κ2) is 11.1. The number of aryl methyl sites for hydroxylation is 1. The molecule has 30 heavy (non-hydrogen) atoms. The van der Waals surface area contributed by atoms with E-state index in [9.17, 15) is 9.59 Å². The molecule has 2 aromatic carbocycles. The number of carbonyl (C=O) groups excluding carboxylic acids is 2. The molecule has 0 aliphatic carbocycles. The number of halogens is 1. The Morgan fingerprint density at radius 2 is 1.80 bits per heavy atom. The number of rotatable bonds is 8. The Morgan fingerprint density at radius 1 is 1.10 bits per heavy atom. The van der Waals surface area contributed by atoms with Crippen molar-refractivity contribution >= 4 is 39.1 Å². The summed E-state index contributed by atoms with van der Waals surface area (Å²) in [5.74, 6) is -0.212. The molecule has 0 unspecified atom stereocenters. The van der Waals surface area contributed by atoms with E-state index in [0.717, 1.165) is 47.7 Å².